The van der Waals surface area contributed by atoms with Crippen molar-refractivity contribution in [3.63, 3.8) is 0 Å². The van der Waals surface area contributed by atoms with E-state index in [1.807, 2.05) is 48.5 Å². The van der Waals surface area contributed by atoms with Crippen LogP contribution in [0.3, 0.4) is 0 Å². The minimum absolute atomic E-state index is 0.111. The van der Waals surface area contributed by atoms with Crippen LogP contribution in [-0.4, -0.2) is 55.0 Å². The predicted molar refractivity (Wildman–Crippen MR) is 232 cm³/mol. The summed E-state index contributed by atoms with van der Waals surface area (Å²) in [6.45, 7) is 8.85. The van der Waals surface area contributed by atoms with Crippen LogP contribution in [0.1, 0.15) is 58.9 Å². The van der Waals surface area contributed by atoms with Gasteiger partial charge in [0.05, 0.1) is 35.2 Å². The molecule has 2 N–H and O–H groups in total. The number of nitrogens with zero attached hydrogens (tertiary/aromatic N) is 2. The molecule has 0 unspecified atom stereocenters. The smallest absolute Gasteiger partial charge is 0.455 e. The fraction of sp³-hybridized carbons (Fsp3) is 0.333. The Morgan fingerprint density at radius 2 is 1.66 bits per heavy atom. The van der Waals surface area contributed by atoms with Crippen LogP contribution in [0, 0.1) is 27.9 Å². The van der Waals surface area contributed by atoms with Crippen LogP contribution in [0.2, 0.25) is 11.4 Å². The van der Waals surface area contributed by atoms with Crippen LogP contribution >= 0.6 is 15.9 Å². The van der Waals surface area contributed by atoms with E-state index in [0.29, 0.717) is 24.8 Å². The van der Waals surface area contributed by atoms with Crippen molar-refractivity contribution in [2.75, 3.05) is 11.5 Å². The van der Waals surface area contributed by atoms with Crippen LogP contribution in [0.5, 0.6) is 5.75 Å². The first kappa shape index (κ1) is 41.5. The number of hydrogen-bond acceptors (Lipinski definition) is 8. The van der Waals surface area contributed by atoms with Gasteiger partial charge in [0, 0.05) is 22.2 Å². The third kappa shape index (κ3) is 7.90. The molecule has 3 aliphatic rings. The highest BCUT2D eigenvalue weighted by Gasteiger charge is 2.58. The number of fused-ring (bicyclic) bond motifs is 3. The van der Waals surface area contributed by atoms with Gasteiger partial charge in [-0.2, -0.15) is 0 Å². The molecular formula is C45H48BBrN2O8Si. The van der Waals surface area contributed by atoms with Crippen molar-refractivity contribution in [3.8, 4) is 5.75 Å². The van der Waals surface area contributed by atoms with Gasteiger partial charge in [0.1, 0.15) is 5.75 Å². The molecule has 0 radical (unpaired) electrons. The minimum Gasteiger partial charge on any atom is -0.507 e. The normalized spacial score (nSPS) is 21.3. The molecule has 0 aromatic heterocycles. The van der Waals surface area contributed by atoms with Crippen LogP contribution in [0.25, 0.3) is 6.08 Å². The lowest BCUT2D eigenvalue weighted by Gasteiger charge is -2.46. The van der Waals surface area contributed by atoms with Gasteiger partial charge in [0.15, 0.2) is 0 Å². The first-order valence-corrected chi connectivity index (χ1v) is 22.5. The molecule has 1 aliphatic carbocycles. The Balaban J connectivity index is 1.32. The van der Waals surface area contributed by atoms with E-state index in [4.69, 9.17) is 9.08 Å². The predicted octanol–water partition coefficient (Wildman–Crippen LogP) is 8.21. The molecule has 2 saturated heterocycles. The average molecular weight is 864 g/mol. The molecule has 13 heteroatoms. The first-order chi connectivity index (χ1) is 27.7. The molecule has 0 bridgehead atoms. The summed E-state index contributed by atoms with van der Waals surface area (Å²) in [5.74, 6) is -2.76. The van der Waals surface area contributed by atoms with Crippen molar-refractivity contribution in [2.45, 2.75) is 70.8 Å². The number of hydrogen-bond donors (Lipinski definition) is 2. The standard InChI is InChI=1S/C45H48BBrN2O8Si/c1-5-29(23-30-24-32(47)20-21-39(30)50)19-22-40-41-31(28-56-58(45(2,3)4,35-15-8-6-9-16-35)36-17-10-7-11-18-36)25-37-42(38(41)27-46(53)57-40)44(52)48(43(37)51)33-13-12-14-34(26-33)49(54)55/h6-18,20-21,23-24,26,37-38,40,42,50,53H,5,19,22,25,27-28H2,1-4H3/b29-23+/t37-,38+,40-,42-/m1/s1. The quantitative estimate of drug-likeness (QED) is 0.0478. The Labute approximate surface area is 349 Å². The number of imide groups is 1. The summed E-state index contributed by atoms with van der Waals surface area (Å²) < 4.78 is 14.7. The molecule has 300 valence electrons. The Hall–Kier alpha value is -4.66. The average Bonchev–Trinajstić information content (AvgIpc) is 3.46. The third-order valence-corrected chi connectivity index (χ3v) is 17.5. The van der Waals surface area contributed by atoms with E-state index >= 15 is 0 Å². The zero-order valence-electron chi connectivity index (χ0n) is 33.1. The summed E-state index contributed by atoms with van der Waals surface area (Å²) in [6, 6.07) is 31.5. The van der Waals surface area contributed by atoms with Crippen molar-refractivity contribution in [1.29, 1.82) is 0 Å². The van der Waals surface area contributed by atoms with Crippen molar-refractivity contribution in [1.82, 2.24) is 0 Å². The van der Waals surface area contributed by atoms with Gasteiger partial charge >= 0.3 is 7.12 Å². The maximum absolute atomic E-state index is 14.5. The zero-order chi connectivity index (χ0) is 41.4. The second kappa shape index (κ2) is 16.9. The molecule has 0 saturated carbocycles. The number of non-ortho nitro benzene ring substituents is 1. The van der Waals surface area contributed by atoms with Gasteiger partial charge in [-0.25, -0.2) is 4.90 Å². The highest BCUT2D eigenvalue weighted by atomic mass is 79.9. The molecular weight excluding hydrogens is 815 g/mol. The second-order valence-electron chi connectivity index (χ2n) is 16.5. The van der Waals surface area contributed by atoms with E-state index in [0.717, 1.165) is 36.5 Å². The maximum atomic E-state index is 14.5. The molecule has 7 rings (SSSR count). The van der Waals surface area contributed by atoms with Crippen molar-refractivity contribution < 1.29 is 33.7 Å². The Kier molecular flexibility index (Phi) is 12.1. The fourth-order valence-electron chi connectivity index (χ4n) is 9.38. The van der Waals surface area contributed by atoms with Crippen molar-refractivity contribution in [3.05, 3.63) is 140 Å². The number of carbonyl (C=O) groups is 2. The number of halogens is 1. The molecule has 4 aromatic rings. The van der Waals surface area contributed by atoms with E-state index in [1.54, 1.807) is 18.2 Å². The van der Waals surface area contributed by atoms with E-state index in [9.17, 15) is 29.8 Å². The monoisotopic (exact) mass is 862 g/mol. The molecule has 2 heterocycles. The summed E-state index contributed by atoms with van der Waals surface area (Å²) >= 11 is 3.50. The molecule has 2 fully saturated rings. The number of phenols is 1. The van der Waals surface area contributed by atoms with Gasteiger partial charge in [-0.3, -0.25) is 19.7 Å². The number of allylic oxidation sites excluding steroid dienone is 1. The summed E-state index contributed by atoms with van der Waals surface area (Å²) in [5.41, 5.74) is 3.45. The van der Waals surface area contributed by atoms with Crippen molar-refractivity contribution in [2.24, 2.45) is 17.8 Å². The molecule has 58 heavy (non-hydrogen) atoms. The number of rotatable bonds is 12. The maximum Gasteiger partial charge on any atom is 0.455 e. The SMILES string of the molecule is CC/C(=C\c1cc(Br)ccc1O)CC[C@H]1OB(O)C[C@H]2C1=C(CO[Si](c1ccccc1)(c1ccccc1)C(C)(C)C)C[C@H]1C(=O)N(c3cccc([N+](=O)[O-])c3)C(=O)[C@H]12. The zero-order valence-corrected chi connectivity index (χ0v) is 35.7. The van der Waals surface area contributed by atoms with E-state index in [-0.39, 0.29) is 41.5 Å². The lowest BCUT2D eigenvalue weighted by atomic mass is 9.58. The number of amides is 2. The first-order valence-electron chi connectivity index (χ1n) is 19.8. The van der Waals surface area contributed by atoms with Gasteiger partial charge < -0.3 is 19.2 Å². The van der Waals surface area contributed by atoms with Crippen LogP contribution in [0.4, 0.5) is 11.4 Å². The fourth-order valence-corrected chi connectivity index (χ4v) is 14.3. The Morgan fingerprint density at radius 1 is 0.983 bits per heavy atom. The number of carbonyl (C=O) groups excluding carboxylic acids is 2. The lowest BCUT2D eigenvalue weighted by Crippen LogP contribution is -2.66. The topological polar surface area (TPSA) is 139 Å². The van der Waals surface area contributed by atoms with Gasteiger partial charge in [-0.1, -0.05) is 122 Å². The number of benzene rings is 4. The molecule has 2 amide bonds. The van der Waals surface area contributed by atoms with Gasteiger partial charge in [-0.05, 0) is 88.7 Å². The molecule has 4 aromatic carbocycles. The summed E-state index contributed by atoms with van der Waals surface area (Å²) in [6.07, 6.45) is 3.51. The molecule has 4 atom stereocenters. The summed E-state index contributed by atoms with van der Waals surface area (Å²) in [5, 5.41) is 35.5. The third-order valence-electron chi connectivity index (χ3n) is 12.0. The number of nitro benzene ring substituents is 1. The second-order valence-corrected chi connectivity index (χ2v) is 21.7. The molecule has 10 nitrogen and oxygen atoms in total. The Morgan fingerprint density at radius 3 is 2.28 bits per heavy atom. The largest absolute Gasteiger partial charge is 0.507 e. The van der Waals surface area contributed by atoms with Gasteiger partial charge in [-0.15, -0.1) is 0 Å². The van der Waals surface area contributed by atoms with Crippen LogP contribution in [0.15, 0.2) is 124 Å². The van der Waals surface area contributed by atoms with Gasteiger partial charge in [0.25, 0.3) is 14.0 Å². The number of nitro groups is 1. The number of phenolic OH excluding ortho intramolecular Hbond substituents is 1. The highest BCUT2D eigenvalue weighted by molar-refractivity contribution is 9.10. The van der Waals surface area contributed by atoms with E-state index < -0.39 is 56.0 Å². The number of aromatic hydroxyl groups is 1. The van der Waals surface area contributed by atoms with Crippen molar-refractivity contribution >= 4 is 71.0 Å². The van der Waals surface area contributed by atoms with E-state index in [1.165, 1.54) is 18.2 Å². The van der Waals surface area contributed by atoms with Crippen LogP contribution in [-0.2, 0) is 18.7 Å². The molecule has 0 spiro atoms. The van der Waals surface area contributed by atoms with Crippen LogP contribution < -0.4 is 15.3 Å². The highest BCUT2D eigenvalue weighted by Crippen LogP contribution is 2.52. The summed E-state index contributed by atoms with van der Waals surface area (Å²) in [7, 11) is -4.24. The Bertz CT molecular complexity index is 2220. The summed E-state index contributed by atoms with van der Waals surface area (Å²) in [4.78, 5) is 41.3. The number of anilines is 1. The minimum atomic E-state index is -3.06. The van der Waals surface area contributed by atoms with E-state index in [2.05, 4.69) is 67.9 Å². The lowest BCUT2D eigenvalue weighted by molar-refractivity contribution is -0.384. The molecule has 2 aliphatic heterocycles. The van der Waals surface area contributed by atoms with Gasteiger partial charge in [0.2, 0.25) is 11.8 Å².